The molecule has 4 aromatic rings. The van der Waals surface area contributed by atoms with Crippen molar-refractivity contribution in [2.75, 3.05) is 7.11 Å². The molecule has 4 aromatic carbocycles. The van der Waals surface area contributed by atoms with Gasteiger partial charge in [0.05, 0.1) is 13.3 Å². The van der Waals surface area contributed by atoms with E-state index in [0.717, 1.165) is 16.3 Å². The van der Waals surface area contributed by atoms with Crippen LogP contribution < -0.4 is 14.3 Å². The van der Waals surface area contributed by atoms with Gasteiger partial charge >= 0.3 is 10.1 Å². The van der Waals surface area contributed by atoms with Gasteiger partial charge in [-0.2, -0.15) is 13.5 Å². The zero-order valence-electron chi connectivity index (χ0n) is 18.6. The summed E-state index contributed by atoms with van der Waals surface area (Å²) in [5.41, 5.74) is 4.22. The number of carbonyl (C=O) groups excluding carboxylic acids is 1. The van der Waals surface area contributed by atoms with E-state index in [1.54, 1.807) is 55.6 Å². The lowest BCUT2D eigenvalue weighted by Gasteiger charge is -2.12. The van der Waals surface area contributed by atoms with Crippen LogP contribution in [0.4, 0.5) is 0 Å². The van der Waals surface area contributed by atoms with Gasteiger partial charge in [0, 0.05) is 11.1 Å². The number of ether oxygens (including phenoxy) is 1. The smallest absolute Gasteiger partial charge is 0.339 e. The first-order valence-corrected chi connectivity index (χ1v) is 11.8. The molecule has 0 spiro atoms. The summed E-state index contributed by atoms with van der Waals surface area (Å²) in [5, 5.41) is 5.64. The van der Waals surface area contributed by atoms with Crippen LogP contribution >= 0.6 is 0 Å². The molecule has 7 nitrogen and oxygen atoms in total. The SMILES string of the molecule is COc1ccc(C(=O)N/N=C\c2c(OS(=O)(=O)c3ccc(C)cc3)ccc3ccccc23)cc1. The Morgan fingerprint density at radius 3 is 2.32 bits per heavy atom. The summed E-state index contributed by atoms with van der Waals surface area (Å²) >= 11 is 0. The number of fused-ring (bicyclic) bond motifs is 1. The maximum absolute atomic E-state index is 12.9. The summed E-state index contributed by atoms with van der Waals surface area (Å²) in [7, 11) is -2.53. The Morgan fingerprint density at radius 2 is 1.62 bits per heavy atom. The van der Waals surface area contributed by atoms with Gasteiger partial charge in [0.1, 0.15) is 10.6 Å². The molecule has 1 N–H and O–H groups in total. The molecule has 0 saturated carbocycles. The zero-order valence-corrected chi connectivity index (χ0v) is 19.4. The molecule has 0 saturated heterocycles. The molecule has 0 fully saturated rings. The van der Waals surface area contributed by atoms with E-state index in [2.05, 4.69) is 10.5 Å². The van der Waals surface area contributed by atoms with Crippen LogP contribution in [-0.4, -0.2) is 27.6 Å². The van der Waals surface area contributed by atoms with Crippen LogP contribution in [0.2, 0.25) is 0 Å². The highest BCUT2D eigenvalue weighted by Crippen LogP contribution is 2.29. The van der Waals surface area contributed by atoms with Crippen LogP contribution in [-0.2, 0) is 10.1 Å². The fourth-order valence-corrected chi connectivity index (χ4v) is 4.26. The highest BCUT2D eigenvalue weighted by molar-refractivity contribution is 7.87. The Hall–Kier alpha value is -4.17. The van der Waals surface area contributed by atoms with E-state index in [1.807, 2.05) is 31.2 Å². The van der Waals surface area contributed by atoms with Crippen molar-refractivity contribution in [1.82, 2.24) is 5.43 Å². The van der Waals surface area contributed by atoms with Gasteiger partial charge in [-0.25, -0.2) is 5.43 Å². The minimum atomic E-state index is -4.07. The van der Waals surface area contributed by atoms with Gasteiger partial charge in [-0.15, -0.1) is 0 Å². The molecule has 0 atom stereocenters. The molecule has 4 rings (SSSR count). The van der Waals surface area contributed by atoms with Gasteiger partial charge in [-0.3, -0.25) is 4.79 Å². The molecule has 0 aliphatic rings. The number of hydrogen-bond donors (Lipinski definition) is 1. The molecule has 8 heteroatoms. The number of nitrogens with zero attached hydrogens (tertiary/aromatic N) is 1. The van der Waals surface area contributed by atoms with Gasteiger partial charge in [0.25, 0.3) is 5.91 Å². The second-order valence-electron chi connectivity index (χ2n) is 7.48. The number of aryl methyl sites for hydroxylation is 1. The average Bonchev–Trinajstić information content (AvgIpc) is 2.85. The number of carbonyl (C=O) groups is 1. The predicted octanol–water partition coefficient (Wildman–Crippen LogP) is 4.69. The lowest BCUT2D eigenvalue weighted by atomic mass is 10.0. The molecule has 0 radical (unpaired) electrons. The average molecular weight is 475 g/mol. The first kappa shape index (κ1) is 23.0. The van der Waals surface area contributed by atoms with E-state index < -0.39 is 16.0 Å². The molecule has 172 valence electrons. The number of methoxy groups -OCH3 is 1. The van der Waals surface area contributed by atoms with Crippen LogP contribution in [0.25, 0.3) is 10.8 Å². The quantitative estimate of drug-likeness (QED) is 0.238. The maximum Gasteiger partial charge on any atom is 0.339 e. The standard InChI is InChI=1S/C26H22N2O5S/c1-18-7-14-22(15-8-18)34(30,31)33-25-16-11-19-5-3-4-6-23(19)24(25)17-27-28-26(29)20-9-12-21(32-2)13-10-20/h3-17H,1-2H3,(H,28,29)/b27-17-. The largest absolute Gasteiger partial charge is 0.497 e. The third-order valence-electron chi connectivity index (χ3n) is 5.15. The Kier molecular flexibility index (Phi) is 6.60. The molecule has 0 aliphatic carbocycles. The lowest BCUT2D eigenvalue weighted by Crippen LogP contribution is -2.17. The summed E-state index contributed by atoms with van der Waals surface area (Å²) in [5.74, 6) is 0.308. The first-order chi connectivity index (χ1) is 16.4. The number of hydrazone groups is 1. The van der Waals surface area contributed by atoms with E-state index in [-0.39, 0.29) is 10.6 Å². The third kappa shape index (κ3) is 5.07. The number of amides is 1. The van der Waals surface area contributed by atoms with Gasteiger partial charge in [0.15, 0.2) is 5.75 Å². The Morgan fingerprint density at radius 1 is 0.912 bits per heavy atom. The number of nitrogens with one attached hydrogen (secondary N) is 1. The fraction of sp³-hybridized carbons (Fsp3) is 0.0769. The minimum absolute atomic E-state index is 0.0435. The second kappa shape index (κ2) is 9.76. The predicted molar refractivity (Wildman–Crippen MR) is 131 cm³/mol. The molecule has 0 aromatic heterocycles. The zero-order chi connectivity index (χ0) is 24.1. The Labute approximate surface area is 197 Å². The summed E-state index contributed by atoms with van der Waals surface area (Å²) in [6.45, 7) is 1.87. The maximum atomic E-state index is 12.9. The van der Waals surface area contributed by atoms with Crippen molar-refractivity contribution in [3.8, 4) is 11.5 Å². The van der Waals surface area contributed by atoms with Crippen molar-refractivity contribution in [3.05, 3.63) is 102 Å². The molecule has 0 unspecified atom stereocenters. The van der Waals surface area contributed by atoms with Crippen molar-refractivity contribution in [2.24, 2.45) is 5.10 Å². The number of hydrogen-bond acceptors (Lipinski definition) is 6. The van der Waals surface area contributed by atoms with Crippen molar-refractivity contribution < 1.29 is 22.1 Å². The summed E-state index contributed by atoms with van der Waals surface area (Å²) in [4.78, 5) is 12.5. The van der Waals surface area contributed by atoms with Gasteiger partial charge in [-0.05, 0) is 60.2 Å². The summed E-state index contributed by atoms with van der Waals surface area (Å²) in [6, 6.07) is 23.7. The van der Waals surface area contributed by atoms with E-state index in [1.165, 1.54) is 18.3 Å². The van der Waals surface area contributed by atoms with E-state index in [0.29, 0.717) is 16.9 Å². The van der Waals surface area contributed by atoms with Gasteiger partial charge in [0.2, 0.25) is 0 Å². The Bertz CT molecular complexity index is 1460. The number of benzene rings is 4. The van der Waals surface area contributed by atoms with Crippen molar-refractivity contribution in [3.63, 3.8) is 0 Å². The first-order valence-electron chi connectivity index (χ1n) is 10.4. The normalized spacial score (nSPS) is 11.5. The van der Waals surface area contributed by atoms with E-state index in [9.17, 15) is 13.2 Å². The number of rotatable bonds is 7. The van der Waals surface area contributed by atoms with E-state index in [4.69, 9.17) is 8.92 Å². The van der Waals surface area contributed by atoms with Crippen LogP contribution in [0.15, 0.2) is 94.9 Å². The molecule has 34 heavy (non-hydrogen) atoms. The minimum Gasteiger partial charge on any atom is -0.497 e. The van der Waals surface area contributed by atoms with Crippen molar-refractivity contribution in [2.45, 2.75) is 11.8 Å². The highest BCUT2D eigenvalue weighted by atomic mass is 32.2. The van der Waals surface area contributed by atoms with E-state index >= 15 is 0 Å². The lowest BCUT2D eigenvalue weighted by molar-refractivity contribution is 0.0955. The molecule has 0 bridgehead atoms. The molecule has 1 amide bonds. The fourth-order valence-electron chi connectivity index (χ4n) is 3.32. The molecular formula is C26H22N2O5S. The molecular weight excluding hydrogens is 452 g/mol. The van der Waals surface area contributed by atoms with Crippen LogP contribution in [0.5, 0.6) is 11.5 Å². The summed E-state index contributed by atoms with van der Waals surface area (Å²) < 4.78 is 36.3. The monoisotopic (exact) mass is 474 g/mol. The molecule has 0 aliphatic heterocycles. The third-order valence-corrected chi connectivity index (χ3v) is 6.40. The highest BCUT2D eigenvalue weighted by Gasteiger charge is 2.19. The summed E-state index contributed by atoms with van der Waals surface area (Å²) in [6.07, 6.45) is 1.38. The van der Waals surface area contributed by atoms with Crippen LogP contribution in [0.3, 0.4) is 0 Å². The van der Waals surface area contributed by atoms with Gasteiger partial charge in [-0.1, -0.05) is 48.0 Å². The van der Waals surface area contributed by atoms with Crippen LogP contribution in [0, 0.1) is 6.92 Å². The van der Waals surface area contributed by atoms with Crippen LogP contribution in [0.1, 0.15) is 21.5 Å². The van der Waals surface area contributed by atoms with Crippen molar-refractivity contribution in [1.29, 1.82) is 0 Å². The van der Waals surface area contributed by atoms with Crippen molar-refractivity contribution >= 4 is 33.0 Å². The van der Waals surface area contributed by atoms with Gasteiger partial charge < -0.3 is 8.92 Å². The second-order valence-corrected chi connectivity index (χ2v) is 9.02. The Balaban J connectivity index is 1.64. The molecule has 0 heterocycles. The topological polar surface area (TPSA) is 94.1 Å².